The van der Waals surface area contributed by atoms with Crippen molar-refractivity contribution in [3.63, 3.8) is 0 Å². The largest absolute Gasteiger partial charge is 0.444 e. The molecule has 7 heteroatoms. The second kappa shape index (κ2) is 6.28. The molecule has 2 fully saturated rings. The highest BCUT2D eigenvalue weighted by Crippen LogP contribution is 2.28. The molecule has 0 bridgehead atoms. The number of ether oxygens (including phenoxy) is 2. The minimum absolute atomic E-state index is 0.00159. The van der Waals surface area contributed by atoms with Crippen LogP contribution in [0.2, 0.25) is 0 Å². The number of halogens is 1. The molecule has 1 aromatic heterocycles. The van der Waals surface area contributed by atoms with Gasteiger partial charge in [0.05, 0.1) is 25.3 Å². The van der Waals surface area contributed by atoms with Gasteiger partial charge in [0.15, 0.2) is 0 Å². The first kappa shape index (κ1) is 16.5. The van der Waals surface area contributed by atoms with Gasteiger partial charge in [-0.3, -0.25) is 0 Å². The molecule has 0 saturated carbocycles. The number of fused-ring (bicyclic) bond motifs is 1. The molecule has 0 spiro atoms. The molecule has 1 amide bonds. The van der Waals surface area contributed by atoms with Gasteiger partial charge < -0.3 is 19.3 Å². The molecule has 0 unspecified atom stereocenters. The maximum absolute atomic E-state index is 12.3. The number of carbonyl (C=O) groups excluding carboxylic acids is 1. The Labute approximate surface area is 144 Å². The minimum Gasteiger partial charge on any atom is -0.444 e. The van der Waals surface area contributed by atoms with Gasteiger partial charge in [-0.15, -0.1) is 0 Å². The first-order valence-electron chi connectivity index (χ1n) is 7.81. The van der Waals surface area contributed by atoms with Crippen LogP contribution in [0.1, 0.15) is 20.8 Å². The van der Waals surface area contributed by atoms with Crippen LogP contribution in [-0.2, 0) is 9.47 Å². The zero-order valence-electron chi connectivity index (χ0n) is 13.7. The number of rotatable bonds is 1. The van der Waals surface area contributed by atoms with E-state index in [9.17, 15) is 4.79 Å². The Morgan fingerprint density at radius 2 is 2.17 bits per heavy atom. The van der Waals surface area contributed by atoms with Crippen LogP contribution in [0.3, 0.4) is 0 Å². The average Bonchev–Trinajstić information content (AvgIpc) is 2.90. The van der Waals surface area contributed by atoms with Crippen LogP contribution in [0.15, 0.2) is 22.8 Å². The molecule has 6 nitrogen and oxygen atoms in total. The van der Waals surface area contributed by atoms with Crippen molar-refractivity contribution in [2.75, 3.05) is 31.1 Å². The van der Waals surface area contributed by atoms with E-state index in [0.717, 1.165) is 16.8 Å². The second-order valence-corrected chi connectivity index (χ2v) is 7.81. The predicted octanol–water partition coefficient (Wildman–Crippen LogP) is 2.67. The summed E-state index contributed by atoms with van der Waals surface area (Å²) in [5, 5.41) is 0. The van der Waals surface area contributed by atoms with Crippen LogP contribution in [0.4, 0.5) is 10.6 Å². The molecule has 2 aliphatic rings. The van der Waals surface area contributed by atoms with Crippen LogP contribution >= 0.6 is 15.9 Å². The summed E-state index contributed by atoms with van der Waals surface area (Å²) in [6.07, 6.45) is 1.52. The van der Waals surface area contributed by atoms with Crippen molar-refractivity contribution in [2.45, 2.75) is 38.5 Å². The number of likely N-dealkylation sites (tertiary alicyclic amines) is 1. The van der Waals surface area contributed by atoms with Gasteiger partial charge in [0.1, 0.15) is 11.4 Å². The second-order valence-electron chi connectivity index (χ2n) is 6.89. The highest BCUT2D eigenvalue weighted by atomic mass is 79.9. The van der Waals surface area contributed by atoms with E-state index >= 15 is 0 Å². The van der Waals surface area contributed by atoms with Gasteiger partial charge in [0.25, 0.3) is 0 Å². The Hall–Kier alpha value is -1.34. The van der Waals surface area contributed by atoms with Crippen molar-refractivity contribution in [1.29, 1.82) is 0 Å². The topological polar surface area (TPSA) is 54.9 Å². The van der Waals surface area contributed by atoms with Crippen LogP contribution in [0.25, 0.3) is 0 Å². The molecule has 0 N–H and O–H groups in total. The fourth-order valence-electron chi connectivity index (χ4n) is 2.99. The quantitative estimate of drug-likeness (QED) is 0.745. The first-order valence-corrected chi connectivity index (χ1v) is 8.60. The summed E-state index contributed by atoms with van der Waals surface area (Å²) in [6.45, 7) is 8.21. The van der Waals surface area contributed by atoms with E-state index < -0.39 is 5.60 Å². The van der Waals surface area contributed by atoms with E-state index in [1.807, 2.05) is 32.9 Å². The van der Waals surface area contributed by atoms with Crippen molar-refractivity contribution in [2.24, 2.45) is 0 Å². The summed E-state index contributed by atoms with van der Waals surface area (Å²) < 4.78 is 12.3. The zero-order valence-corrected chi connectivity index (χ0v) is 15.2. The fraction of sp³-hybridized carbons (Fsp3) is 0.625. The third-order valence-electron chi connectivity index (χ3n) is 3.96. The zero-order chi connectivity index (χ0) is 16.6. The van der Waals surface area contributed by atoms with Crippen LogP contribution in [0, 0.1) is 0 Å². The maximum atomic E-state index is 12.3. The van der Waals surface area contributed by atoms with Crippen molar-refractivity contribution in [1.82, 2.24) is 9.88 Å². The van der Waals surface area contributed by atoms with E-state index in [1.54, 1.807) is 11.1 Å². The van der Waals surface area contributed by atoms with Gasteiger partial charge in [-0.1, -0.05) is 0 Å². The van der Waals surface area contributed by atoms with Crippen molar-refractivity contribution in [3.05, 3.63) is 22.8 Å². The number of amides is 1. The monoisotopic (exact) mass is 383 g/mol. The van der Waals surface area contributed by atoms with E-state index in [1.165, 1.54) is 0 Å². The van der Waals surface area contributed by atoms with E-state index in [4.69, 9.17) is 9.47 Å². The molecule has 0 radical (unpaired) electrons. The molecule has 0 aromatic carbocycles. The van der Waals surface area contributed by atoms with Crippen molar-refractivity contribution >= 4 is 27.8 Å². The molecule has 0 aliphatic carbocycles. The van der Waals surface area contributed by atoms with Crippen molar-refractivity contribution in [3.8, 4) is 0 Å². The molecule has 126 valence electrons. The summed E-state index contributed by atoms with van der Waals surface area (Å²) in [6, 6.07) is 4.08. The SMILES string of the molecule is CC(C)(C)OC(=O)N1C[C@H]2OCCN(c3ccc(Br)cn3)[C@H]2C1. The molecule has 2 aliphatic heterocycles. The summed E-state index contributed by atoms with van der Waals surface area (Å²) in [5.74, 6) is 0.914. The number of hydrogen-bond donors (Lipinski definition) is 0. The Morgan fingerprint density at radius 1 is 1.39 bits per heavy atom. The minimum atomic E-state index is -0.487. The summed E-state index contributed by atoms with van der Waals surface area (Å²) in [4.78, 5) is 20.7. The Kier molecular flexibility index (Phi) is 4.51. The van der Waals surface area contributed by atoms with E-state index in [0.29, 0.717) is 19.7 Å². The highest BCUT2D eigenvalue weighted by molar-refractivity contribution is 9.10. The van der Waals surface area contributed by atoms with E-state index in [-0.39, 0.29) is 18.2 Å². The number of nitrogens with zero attached hydrogens (tertiary/aromatic N) is 3. The lowest BCUT2D eigenvalue weighted by atomic mass is 10.1. The maximum Gasteiger partial charge on any atom is 0.410 e. The van der Waals surface area contributed by atoms with Gasteiger partial charge in [0, 0.05) is 23.8 Å². The van der Waals surface area contributed by atoms with E-state index in [2.05, 4.69) is 25.8 Å². The van der Waals surface area contributed by atoms with Gasteiger partial charge in [-0.2, -0.15) is 0 Å². The molecule has 3 heterocycles. The summed E-state index contributed by atoms with van der Waals surface area (Å²) >= 11 is 3.41. The normalized spacial score (nSPS) is 24.5. The first-order chi connectivity index (χ1) is 10.8. The molecular weight excluding hydrogens is 362 g/mol. The molecule has 2 saturated heterocycles. The molecular formula is C16H22BrN3O3. The van der Waals surface area contributed by atoms with Gasteiger partial charge in [0.2, 0.25) is 0 Å². The number of morpholine rings is 1. The number of anilines is 1. The van der Waals surface area contributed by atoms with Crippen LogP contribution in [0.5, 0.6) is 0 Å². The Balaban J connectivity index is 1.72. The number of hydrogen-bond acceptors (Lipinski definition) is 5. The van der Waals surface area contributed by atoms with Gasteiger partial charge in [-0.05, 0) is 48.8 Å². The smallest absolute Gasteiger partial charge is 0.410 e. The van der Waals surface area contributed by atoms with Gasteiger partial charge >= 0.3 is 6.09 Å². The molecule has 23 heavy (non-hydrogen) atoms. The predicted molar refractivity (Wildman–Crippen MR) is 90.6 cm³/mol. The number of carbonyl (C=O) groups is 1. The lowest BCUT2D eigenvalue weighted by molar-refractivity contribution is 0.0162. The molecule has 1 aromatic rings. The lowest BCUT2D eigenvalue weighted by Crippen LogP contribution is -2.51. The van der Waals surface area contributed by atoms with Gasteiger partial charge in [-0.25, -0.2) is 9.78 Å². The third kappa shape index (κ3) is 3.77. The average molecular weight is 384 g/mol. The Bertz CT molecular complexity index is 573. The molecule has 2 atom stereocenters. The standard InChI is InChI=1S/C16H22BrN3O3/c1-16(2,3)23-15(21)19-9-12-13(10-19)22-7-6-20(12)14-5-4-11(17)8-18-14/h4-5,8,12-13H,6-7,9-10H2,1-3H3/t12-,13+/m0/s1. The van der Waals surface area contributed by atoms with Crippen LogP contribution < -0.4 is 4.90 Å². The Morgan fingerprint density at radius 3 is 2.83 bits per heavy atom. The van der Waals surface area contributed by atoms with Crippen molar-refractivity contribution < 1.29 is 14.3 Å². The lowest BCUT2D eigenvalue weighted by Gasteiger charge is -2.37. The molecule has 3 rings (SSSR count). The highest BCUT2D eigenvalue weighted by Gasteiger charge is 2.43. The third-order valence-corrected chi connectivity index (χ3v) is 4.43. The van der Waals surface area contributed by atoms with Crippen LogP contribution in [-0.4, -0.2) is 60.0 Å². The summed E-state index contributed by atoms with van der Waals surface area (Å²) in [7, 11) is 0. The summed E-state index contributed by atoms with van der Waals surface area (Å²) in [5.41, 5.74) is -0.487. The number of pyridine rings is 1. The fourth-order valence-corrected chi connectivity index (χ4v) is 3.22. The number of aromatic nitrogens is 1.